The van der Waals surface area contributed by atoms with Crippen molar-refractivity contribution in [2.45, 2.75) is 25.0 Å². The molecule has 0 radical (unpaired) electrons. The Balaban J connectivity index is 3.31. The predicted molar refractivity (Wildman–Crippen MR) is 42.2 cm³/mol. The van der Waals surface area contributed by atoms with Crippen LogP contribution in [-0.4, -0.2) is 39.9 Å². The van der Waals surface area contributed by atoms with Gasteiger partial charge < -0.3 is 15.3 Å². The predicted octanol–water partition coefficient (Wildman–Crippen LogP) is -0.590. The fraction of sp³-hybridized carbons (Fsp3) is 1.00. The molecule has 0 fully saturated rings. The molecule has 4 heteroatoms. The number of thiol groups is 1. The fourth-order valence-electron chi connectivity index (χ4n) is 0.614. The SMILES string of the molecule is OCC(O)C(O)CCCS. The molecule has 3 nitrogen and oxygen atoms in total. The Morgan fingerprint density at radius 2 is 1.80 bits per heavy atom. The van der Waals surface area contributed by atoms with E-state index in [4.69, 9.17) is 15.3 Å². The van der Waals surface area contributed by atoms with Gasteiger partial charge in [-0.2, -0.15) is 12.6 Å². The molecular weight excluding hydrogens is 152 g/mol. The molecule has 0 spiro atoms. The summed E-state index contributed by atoms with van der Waals surface area (Å²) in [6.07, 6.45) is -0.566. The quantitative estimate of drug-likeness (QED) is 0.413. The topological polar surface area (TPSA) is 60.7 Å². The third-order valence-electron chi connectivity index (χ3n) is 1.29. The van der Waals surface area contributed by atoms with Crippen molar-refractivity contribution in [3.63, 3.8) is 0 Å². The minimum absolute atomic E-state index is 0.381. The summed E-state index contributed by atoms with van der Waals surface area (Å²) in [6.45, 7) is -0.381. The van der Waals surface area contributed by atoms with Gasteiger partial charge >= 0.3 is 0 Å². The van der Waals surface area contributed by atoms with Crippen LogP contribution in [0.15, 0.2) is 0 Å². The van der Waals surface area contributed by atoms with Gasteiger partial charge in [-0.15, -0.1) is 0 Å². The highest BCUT2D eigenvalue weighted by molar-refractivity contribution is 7.80. The van der Waals surface area contributed by atoms with Crippen molar-refractivity contribution < 1.29 is 15.3 Å². The average molecular weight is 166 g/mol. The molecule has 0 rings (SSSR count). The highest BCUT2D eigenvalue weighted by Crippen LogP contribution is 2.02. The third-order valence-corrected chi connectivity index (χ3v) is 1.61. The van der Waals surface area contributed by atoms with E-state index in [1.807, 2.05) is 0 Å². The molecule has 0 aromatic carbocycles. The lowest BCUT2D eigenvalue weighted by molar-refractivity contribution is -0.0176. The van der Waals surface area contributed by atoms with Crippen LogP contribution in [0.5, 0.6) is 0 Å². The lowest BCUT2D eigenvalue weighted by Crippen LogP contribution is -2.29. The van der Waals surface area contributed by atoms with E-state index in [1.165, 1.54) is 0 Å². The molecule has 0 aliphatic heterocycles. The Bertz CT molecular complexity index is 79.4. The monoisotopic (exact) mass is 166 g/mol. The number of rotatable bonds is 5. The number of aliphatic hydroxyl groups is 3. The van der Waals surface area contributed by atoms with Gasteiger partial charge in [0.25, 0.3) is 0 Å². The summed E-state index contributed by atoms with van der Waals surface area (Å²) in [6, 6.07) is 0. The molecule has 0 heterocycles. The number of hydrogen-bond acceptors (Lipinski definition) is 4. The molecule has 0 saturated heterocycles. The van der Waals surface area contributed by atoms with Crippen LogP contribution in [0.25, 0.3) is 0 Å². The molecule has 0 aromatic heterocycles. The van der Waals surface area contributed by atoms with Crippen molar-refractivity contribution in [1.82, 2.24) is 0 Å². The maximum absolute atomic E-state index is 9.00. The molecule has 0 amide bonds. The van der Waals surface area contributed by atoms with Gasteiger partial charge in [0, 0.05) is 0 Å². The molecule has 0 bridgehead atoms. The molecule has 2 atom stereocenters. The Kier molecular flexibility index (Phi) is 6.11. The third kappa shape index (κ3) is 4.11. The van der Waals surface area contributed by atoms with Gasteiger partial charge in [-0.3, -0.25) is 0 Å². The second-order valence-corrected chi connectivity index (χ2v) is 2.63. The minimum Gasteiger partial charge on any atom is -0.394 e. The summed E-state index contributed by atoms with van der Waals surface area (Å²) in [5, 5.41) is 26.2. The van der Waals surface area contributed by atoms with Crippen molar-refractivity contribution in [2.75, 3.05) is 12.4 Å². The molecule has 2 unspecified atom stereocenters. The molecule has 10 heavy (non-hydrogen) atoms. The van der Waals surface area contributed by atoms with Crippen LogP contribution in [0.2, 0.25) is 0 Å². The summed E-state index contributed by atoms with van der Waals surface area (Å²) in [5.41, 5.74) is 0. The first-order chi connectivity index (χ1) is 4.72. The highest BCUT2D eigenvalue weighted by atomic mass is 32.1. The van der Waals surface area contributed by atoms with Crippen molar-refractivity contribution >= 4 is 12.6 Å². The van der Waals surface area contributed by atoms with Crippen LogP contribution in [-0.2, 0) is 0 Å². The molecule has 0 aromatic rings. The van der Waals surface area contributed by atoms with Crippen molar-refractivity contribution in [2.24, 2.45) is 0 Å². The van der Waals surface area contributed by atoms with Crippen molar-refractivity contribution in [1.29, 1.82) is 0 Å². The van der Waals surface area contributed by atoms with E-state index in [2.05, 4.69) is 12.6 Å². The van der Waals surface area contributed by atoms with Crippen molar-refractivity contribution in [3.05, 3.63) is 0 Å². The van der Waals surface area contributed by atoms with E-state index in [0.29, 0.717) is 12.2 Å². The second-order valence-electron chi connectivity index (χ2n) is 2.18. The first-order valence-corrected chi connectivity index (χ1v) is 3.93. The minimum atomic E-state index is -1.00. The zero-order valence-corrected chi connectivity index (χ0v) is 6.67. The van der Waals surface area contributed by atoms with Crippen LogP contribution < -0.4 is 0 Å². The van der Waals surface area contributed by atoms with Crippen LogP contribution in [0.4, 0.5) is 0 Å². The van der Waals surface area contributed by atoms with Gasteiger partial charge in [0.15, 0.2) is 0 Å². The summed E-state index contributed by atoms with van der Waals surface area (Å²) in [7, 11) is 0. The first kappa shape index (κ1) is 10.2. The van der Waals surface area contributed by atoms with Crippen LogP contribution in [0.3, 0.4) is 0 Å². The Hall–Kier alpha value is 0.230. The number of hydrogen-bond donors (Lipinski definition) is 4. The van der Waals surface area contributed by atoms with Crippen LogP contribution >= 0.6 is 12.6 Å². The number of aliphatic hydroxyl groups excluding tert-OH is 3. The van der Waals surface area contributed by atoms with E-state index in [-0.39, 0.29) is 6.61 Å². The van der Waals surface area contributed by atoms with E-state index in [9.17, 15) is 0 Å². The molecule has 3 N–H and O–H groups in total. The molecule has 0 saturated carbocycles. The zero-order chi connectivity index (χ0) is 7.98. The summed E-state index contributed by atoms with van der Waals surface area (Å²) < 4.78 is 0. The second kappa shape index (κ2) is 5.97. The fourth-order valence-corrected chi connectivity index (χ4v) is 0.797. The van der Waals surface area contributed by atoms with Gasteiger partial charge in [-0.25, -0.2) is 0 Å². The van der Waals surface area contributed by atoms with E-state index in [1.54, 1.807) is 0 Å². The zero-order valence-electron chi connectivity index (χ0n) is 5.77. The Labute approximate surface area is 66.1 Å². The summed E-state index contributed by atoms with van der Waals surface area (Å²) in [5.74, 6) is 0.690. The first-order valence-electron chi connectivity index (χ1n) is 3.30. The molecule has 0 aliphatic rings. The van der Waals surface area contributed by atoms with Gasteiger partial charge in [-0.05, 0) is 18.6 Å². The van der Waals surface area contributed by atoms with E-state index < -0.39 is 12.2 Å². The highest BCUT2D eigenvalue weighted by Gasteiger charge is 2.13. The summed E-state index contributed by atoms with van der Waals surface area (Å²) >= 11 is 3.94. The normalized spacial score (nSPS) is 16.8. The standard InChI is InChI=1S/C6H14O3S/c7-4-6(9)5(8)2-1-3-10/h5-10H,1-4H2. The Morgan fingerprint density at radius 3 is 2.20 bits per heavy atom. The lowest BCUT2D eigenvalue weighted by atomic mass is 10.1. The average Bonchev–Trinajstić information content (AvgIpc) is 1.98. The van der Waals surface area contributed by atoms with E-state index in [0.717, 1.165) is 6.42 Å². The molecule has 0 aliphatic carbocycles. The van der Waals surface area contributed by atoms with E-state index >= 15 is 0 Å². The Morgan fingerprint density at radius 1 is 1.20 bits per heavy atom. The van der Waals surface area contributed by atoms with Crippen LogP contribution in [0, 0.1) is 0 Å². The van der Waals surface area contributed by atoms with Crippen molar-refractivity contribution in [3.8, 4) is 0 Å². The maximum Gasteiger partial charge on any atom is 0.103 e. The van der Waals surface area contributed by atoms with Gasteiger partial charge in [0.05, 0.1) is 12.7 Å². The van der Waals surface area contributed by atoms with Gasteiger partial charge in [-0.1, -0.05) is 0 Å². The largest absolute Gasteiger partial charge is 0.394 e. The maximum atomic E-state index is 9.00. The molecule has 62 valence electrons. The van der Waals surface area contributed by atoms with Gasteiger partial charge in [0.2, 0.25) is 0 Å². The lowest BCUT2D eigenvalue weighted by Gasteiger charge is -2.13. The van der Waals surface area contributed by atoms with Gasteiger partial charge in [0.1, 0.15) is 6.10 Å². The molecular formula is C6H14O3S. The van der Waals surface area contributed by atoms with Crippen LogP contribution in [0.1, 0.15) is 12.8 Å². The summed E-state index contributed by atoms with van der Waals surface area (Å²) in [4.78, 5) is 0. The smallest absolute Gasteiger partial charge is 0.103 e.